The molecule has 1 aromatic rings. The maximum absolute atomic E-state index is 8.77. The normalized spacial score (nSPS) is 16.6. The zero-order valence-corrected chi connectivity index (χ0v) is 9.27. The summed E-state index contributed by atoms with van der Waals surface area (Å²) >= 11 is 0. The van der Waals surface area contributed by atoms with Gasteiger partial charge in [0.1, 0.15) is 11.8 Å². The number of nitriles is 1. The molecule has 5 heteroatoms. The Balaban J connectivity index is 1.98. The molecule has 3 N–H and O–H groups in total. The highest BCUT2D eigenvalue weighted by Gasteiger charge is 2.28. The molecule has 1 atom stereocenters. The van der Waals surface area contributed by atoms with Gasteiger partial charge in [-0.2, -0.15) is 5.26 Å². The lowest BCUT2D eigenvalue weighted by molar-refractivity contribution is 0.618. The van der Waals surface area contributed by atoms with Crippen molar-refractivity contribution in [2.45, 2.75) is 25.8 Å². The van der Waals surface area contributed by atoms with Crippen molar-refractivity contribution in [3.8, 4) is 6.07 Å². The van der Waals surface area contributed by atoms with E-state index in [-0.39, 0.29) is 6.04 Å². The molecule has 0 aliphatic heterocycles. The topological polar surface area (TPSA) is 87.6 Å². The molecule has 0 amide bonds. The maximum atomic E-state index is 8.77. The Morgan fingerprint density at radius 2 is 2.38 bits per heavy atom. The molecule has 1 aromatic heterocycles. The van der Waals surface area contributed by atoms with E-state index in [9.17, 15) is 0 Å². The Morgan fingerprint density at radius 3 is 3.00 bits per heavy atom. The first-order chi connectivity index (χ1) is 7.69. The van der Waals surface area contributed by atoms with Crippen LogP contribution in [0.1, 0.15) is 24.2 Å². The Hall–Kier alpha value is -1.67. The predicted molar refractivity (Wildman–Crippen MR) is 60.7 cm³/mol. The molecule has 2 rings (SSSR count). The van der Waals surface area contributed by atoms with Gasteiger partial charge in [-0.15, -0.1) is 0 Å². The van der Waals surface area contributed by atoms with E-state index in [0.29, 0.717) is 24.1 Å². The number of nitrogens with zero attached hydrogens (tertiary/aromatic N) is 3. The van der Waals surface area contributed by atoms with E-state index in [2.05, 4.69) is 15.3 Å². The van der Waals surface area contributed by atoms with Gasteiger partial charge in [0, 0.05) is 18.3 Å². The number of hydrogen-bond acceptors (Lipinski definition) is 5. The van der Waals surface area contributed by atoms with Gasteiger partial charge in [-0.05, 0) is 31.7 Å². The Morgan fingerprint density at radius 1 is 1.62 bits per heavy atom. The zero-order chi connectivity index (χ0) is 11.5. The summed E-state index contributed by atoms with van der Waals surface area (Å²) in [5, 5.41) is 11.9. The molecular weight excluding hydrogens is 202 g/mol. The predicted octanol–water partition coefficient (Wildman–Crippen LogP) is 0.806. The number of rotatable bonds is 4. The van der Waals surface area contributed by atoms with E-state index in [1.54, 1.807) is 6.07 Å². The van der Waals surface area contributed by atoms with Crippen LogP contribution in [-0.4, -0.2) is 22.6 Å². The second kappa shape index (κ2) is 4.45. The van der Waals surface area contributed by atoms with Gasteiger partial charge >= 0.3 is 0 Å². The van der Waals surface area contributed by atoms with Crippen LogP contribution in [0.3, 0.4) is 0 Å². The van der Waals surface area contributed by atoms with E-state index in [0.717, 1.165) is 5.69 Å². The molecule has 1 fully saturated rings. The summed E-state index contributed by atoms with van der Waals surface area (Å²) in [6.45, 7) is 2.51. The van der Waals surface area contributed by atoms with E-state index in [1.807, 2.05) is 13.0 Å². The molecule has 1 aliphatic rings. The molecule has 0 spiro atoms. The van der Waals surface area contributed by atoms with Crippen LogP contribution in [0.2, 0.25) is 0 Å². The standard InChI is InChI=1S/C11H15N5/c1-7-4-9(5-12)16-11(15-7)14-6-10(13)8-2-3-8/h4,8,10H,2-3,6,13H2,1H3,(H,14,15,16). The number of aromatic nitrogens is 2. The first-order valence-electron chi connectivity index (χ1n) is 5.44. The minimum absolute atomic E-state index is 0.162. The number of anilines is 1. The molecule has 0 radical (unpaired) electrons. The minimum atomic E-state index is 0.162. The molecule has 0 aromatic carbocycles. The molecule has 84 valence electrons. The molecular formula is C11H15N5. The van der Waals surface area contributed by atoms with Gasteiger partial charge in [-0.1, -0.05) is 0 Å². The van der Waals surface area contributed by atoms with Crippen molar-refractivity contribution < 1.29 is 0 Å². The van der Waals surface area contributed by atoms with Crippen molar-refractivity contribution in [2.24, 2.45) is 11.7 Å². The third kappa shape index (κ3) is 2.67. The average Bonchev–Trinajstić information content (AvgIpc) is 3.08. The zero-order valence-electron chi connectivity index (χ0n) is 9.27. The summed E-state index contributed by atoms with van der Waals surface area (Å²) in [4.78, 5) is 8.27. The van der Waals surface area contributed by atoms with Crippen molar-refractivity contribution >= 4 is 5.95 Å². The number of nitrogens with one attached hydrogen (secondary N) is 1. The van der Waals surface area contributed by atoms with Gasteiger partial charge in [0.25, 0.3) is 0 Å². The number of nitrogens with two attached hydrogens (primary N) is 1. The molecule has 1 aliphatic carbocycles. The molecule has 0 saturated heterocycles. The van der Waals surface area contributed by atoms with Crippen LogP contribution in [-0.2, 0) is 0 Å². The largest absolute Gasteiger partial charge is 0.353 e. The highest BCUT2D eigenvalue weighted by molar-refractivity contribution is 5.33. The van der Waals surface area contributed by atoms with E-state index >= 15 is 0 Å². The third-order valence-corrected chi connectivity index (χ3v) is 2.69. The molecule has 16 heavy (non-hydrogen) atoms. The lowest BCUT2D eigenvalue weighted by Crippen LogP contribution is -2.31. The number of hydrogen-bond donors (Lipinski definition) is 2. The highest BCUT2D eigenvalue weighted by atomic mass is 15.1. The Kier molecular flexibility index (Phi) is 3.02. The molecule has 1 unspecified atom stereocenters. The second-order valence-electron chi connectivity index (χ2n) is 4.21. The van der Waals surface area contributed by atoms with Crippen LogP contribution in [0.25, 0.3) is 0 Å². The van der Waals surface area contributed by atoms with Crippen LogP contribution >= 0.6 is 0 Å². The lowest BCUT2D eigenvalue weighted by atomic mass is 10.2. The van der Waals surface area contributed by atoms with Crippen LogP contribution in [0, 0.1) is 24.2 Å². The van der Waals surface area contributed by atoms with Crippen LogP contribution in [0.4, 0.5) is 5.95 Å². The summed E-state index contributed by atoms with van der Waals surface area (Å²) in [5.74, 6) is 1.14. The Labute approximate surface area is 94.7 Å². The molecule has 1 saturated carbocycles. The van der Waals surface area contributed by atoms with Gasteiger partial charge in [0.15, 0.2) is 0 Å². The fourth-order valence-electron chi connectivity index (χ4n) is 1.61. The van der Waals surface area contributed by atoms with Gasteiger partial charge < -0.3 is 11.1 Å². The summed E-state index contributed by atoms with van der Waals surface area (Å²) in [6, 6.07) is 3.83. The number of aryl methyl sites for hydroxylation is 1. The average molecular weight is 217 g/mol. The lowest BCUT2D eigenvalue weighted by Gasteiger charge is -2.11. The summed E-state index contributed by atoms with van der Waals surface area (Å²) < 4.78 is 0. The minimum Gasteiger partial charge on any atom is -0.353 e. The quantitative estimate of drug-likeness (QED) is 0.779. The maximum Gasteiger partial charge on any atom is 0.224 e. The van der Waals surface area contributed by atoms with E-state index < -0.39 is 0 Å². The highest BCUT2D eigenvalue weighted by Crippen LogP contribution is 2.31. The summed E-state index contributed by atoms with van der Waals surface area (Å²) in [7, 11) is 0. The summed E-state index contributed by atoms with van der Waals surface area (Å²) in [6.07, 6.45) is 2.45. The van der Waals surface area contributed by atoms with Crippen molar-refractivity contribution in [2.75, 3.05) is 11.9 Å². The third-order valence-electron chi connectivity index (χ3n) is 2.69. The van der Waals surface area contributed by atoms with Crippen molar-refractivity contribution in [1.82, 2.24) is 9.97 Å². The van der Waals surface area contributed by atoms with Gasteiger partial charge in [0.05, 0.1) is 0 Å². The van der Waals surface area contributed by atoms with Crippen molar-refractivity contribution in [1.29, 1.82) is 5.26 Å². The fraction of sp³-hybridized carbons (Fsp3) is 0.545. The van der Waals surface area contributed by atoms with Crippen LogP contribution in [0.15, 0.2) is 6.07 Å². The monoisotopic (exact) mass is 217 g/mol. The summed E-state index contributed by atoms with van der Waals surface area (Å²) in [5.41, 5.74) is 7.12. The van der Waals surface area contributed by atoms with Crippen LogP contribution in [0.5, 0.6) is 0 Å². The first-order valence-corrected chi connectivity index (χ1v) is 5.44. The Bertz CT molecular complexity index is 419. The van der Waals surface area contributed by atoms with Gasteiger partial charge in [0.2, 0.25) is 5.95 Å². The second-order valence-corrected chi connectivity index (χ2v) is 4.21. The van der Waals surface area contributed by atoms with Crippen molar-refractivity contribution in [3.63, 3.8) is 0 Å². The van der Waals surface area contributed by atoms with E-state index in [4.69, 9.17) is 11.0 Å². The van der Waals surface area contributed by atoms with Gasteiger partial charge in [-0.25, -0.2) is 9.97 Å². The molecule has 5 nitrogen and oxygen atoms in total. The van der Waals surface area contributed by atoms with E-state index in [1.165, 1.54) is 12.8 Å². The molecule has 0 bridgehead atoms. The fourth-order valence-corrected chi connectivity index (χ4v) is 1.61. The molecule has 1 heterocycles. The first kappa shape index (κ1) is 10.8. The van der Waals surface area contributed by atoms with Gasteiger partial charge in [-0.3, -0.25) is 0 Å². The SMILES string of the molecule is Cc1cc(C#N)nc(NCC(N)C2CC2)n1. The van der Waals surface area contributed by atoms with Crippen molar-refractivity contribution in [3.05, 3.63) is 17.5 Å². The smallest absolute Gasteiger partial charge is 0.224 e. The van der Waals surface area contributed by atoms with Crippen LogP contribution < -0.4 is 11.1 Å².